The van der Waals surface area contributed by atoms with Gasteiger partial charge in [-0.1, -0.05) is 32.6 Å². The second kappa shape index (κ2) is 6.06. The van der Waals surface area contributed by atoms with Crippen molar-refractivity contribution in [1.29, 1.82) is 0 Å². The highest BCUT2D eigenvalue weighted by Gasteiger charge is 2.26. The molecule has 1 heterocycles. The van der Waals surface area contributed by atoms with E-state index >= 15 is 0 Å². The molecule has 0 aromatic carbocycles. The Hall–Kier alpha value is -0.550. The molecule has 5 heteroatoms. The number of aliphatic hydroxyl groups excluding tert-OH is 1. The monoisotopic (exact) mass is 316 g/mol. The van der Waals surface area contributed by atoms with E-state index in [1.165, 1.54) is 0 Å². The predicted molar refractivity (Wildman–Crippen MR) is 74.9 cm³/mol. The molecule has 1 aromatic heterocycles. The Bertz CT molecular complexity index is 452. The summed E-state index contributed by atoms with van der Waals surface area (Å²) >= 11 is 3.36. The van der Waals surface area contributed by atoms with Crippen LogP contribution in [0.15, 0.2) is 9.27 Å². The molecule has 2 rings (SSSR count). The molecule has 0 saturated heterocycles. The summed E-state index contributed by atoms with van der Waals surface area (Å²) in [5.41, 5.74) is 0.906. The topological polar surface area (TPSA) is 58.0 Å². The first-order valence-corrected chi connectivity index (χ1v) is 7.61. The van der Waals surface area contributed by atoms with Crippen LogP contribution in [0.3, 0.4) is 0 Å². The van der Waals surface area contributed by atoms with E-state index in [4.69, 9.17) is 0 Å². The minimum atomic E-state index is -0.412. The summed E-state index contributed by atoms with van der Waals surface area (Å²) in [5, 5.41) is 13.3. The van der Waals surface area contributed by atoms with Gasteiger partial charge in [-0.3, -0.25) is 9.89 Å². The number of aryl methyl sites for hydroxylation is 1. The van der Waals surface area contributed by atoms with Crippen molar-refractivity contribution in [2.45, 2.75) is 64.0 Å². The van der Waals surface area contributed by atoms with Gasteiger partial charge in [-0.2, -0.15) is 0 Å². The zero-order valence-corrected chi connectivity index (χ0v) is 12.4. The molecule has 1 fully saturated rings. The van der Waals surface area contributed by atoms with Crippen molar-refractivity contribution in [1.82, 2.24) is 9.78 Å². The van der Waals surface area contributed by atoms with Gasteiger partial charge < -0.3 is 5.11 Å². The Morgan fingerprint density at radius 2 is 2.11 bits per heavy atom. The molecular weight excluding hydrogens is 296 g/mol. The molecule has 1 saturated carbocycles. The Labute approximate surface area is 116 Å². The van der Waals surface area contributed by atoms with Crippen LogP contribution in [0.1, 0.15) is 57.2 Å². The number of aromatic nitrogens is 2. The van der Waals surface area contributed by atoms with E-state index in [1.807, 2.05) is 0 Å². The zero-order chi connectivity index (χ0) is 13.1. The predicted octanol–water partition coefficient (Wildman–Crippen LogP) is 2.76. The van der Waals surface area contributed by atoms with Gasteiger partial charge in [0.2, 0.25) is 0 Å². The third kappa shape index (κ3) is 2.72. The molecule has 2 unspecified atom stereocenters. The standard InChI is InChI=1S/C13H21BrN2O2/c1-2-6-9-12(14)13(18)16(15-9)10-7-4-3-5-8-11(10)17/h10-11,15,17H,2-8H2,1H3. The minimum absolute atomic E-state index is 0.0376. The smallest absolute Gasteiger partial charge is 0.281 e. The minimum Gasteiger partial charge on any atom is -0.391 e. The molecule has 2 N–H and O–H groups in total. The van der Waals surface area contributed by atoms with Gasteiger partial charge in [0.05, 0.1) is 17.8 Å². The summed E-state index contributed by atoms with van der Waals surface area (Å²) in [7, 11) is 0. The Balaban J connectivity index is 2.31. The van der Waals surface area contributed by atoms with E-state index in [-0.39, 0.29) is 11.6 Å². The van der Waals surface area contributed by atoms with Crippen molar-refractivity contribution in [3.05, 3.63) is 20.5 Å². The molecular formula is C13H21BrN2O2. The number of halogens is 1. The summed E-state index contributed by atoms with van der Waals surface area (Å²) < 4.78 is 2.26. The van der Waals surface area contributed by atoms with Crippen LogP contribution in [-0.2, 0) is 6.42 Å². The summed E-state index contributed by atoms with van der Waals surface area (Å²) in [4.78, 5) is 12.2. The largest absolute Gasteiger partial charge is 0.391 e. The molecule has 4 nitrogen and oxygen atoms in total. The van der Waals surface area contributed by atoms with Crippen LogP contribution in [-0.4, -0.2) is 21.0 Å². The van der Waals surface area contributed by atoms with Gasteiger partial charge in [-0.05, 0) is 35.2 Å². The molecule has 1 aromatic rings. The highest BCUT2D eigenvalue weighted by atomic mass is 79.9. The number of nitrogens with one attached hydrogen (secondary N) is 1. The maximum absolute atomic E-state index is 12.2. The summed E-state index contributed by atoms with van der Waals surface area (Å²) in [5.74, 6) is 0. The van der Waals surface area contributed by atoms with Crippen LogP contribution in [0.25, 0.3) is 0 Å². The van der Waals surface area contributed by atoms with Crippen LogP contribution < -0.4 is 5.56 Å². The summed E-state index contributed by atoms with van der Waals surface area (Å²) in [6, 6.07) is -0.0955. The zero-order valence-electron chi connectivity index (χ0n) is 10.8. The normalized spacial score (nSPS) is 25.1. The third-order valence-electron chi connectivity index (χ3n) is 3.70. The van der Waals surface area contributed by atoms with Crippen molar-refractivity contribution in [2.75, 3.05) is 0 Å². The average Bonchev–Trinajstić information content (AvgIpc) is 2.55. The molecule has 0 amide bonds. The van der Waals surface area contributed by atoms with Gasteiger partial charge in [-0.15, -0.1) is 0 Å². The maximum atomic E-state index is 12.2. The van der Waals surface area contributed by atoms with E-state index in [9.17, 15) is 9.90 Å². The molecule has 0 aliphatic heterocycles. The number of aromatic amines is 1. The van der Waals surface area contributed by atoms with Gasteiger partial charge in [0.15, 0.2) is 0 Å². The van der Waals surface area contributed by atoms with Crippen molar-refractivity contribution in [2.24, 2.45) is 0 Å². The van der Waals surface area contributed by atoms with Gasteiger partial charge >= 0.3 is 0 Å². The maximum Gasteiger partial charge on any atom is 0.281 e. The van der Waals surface area contributed by atoms with Gasteiger partial charge in [0.1, 0.15) is 4.47 Å². The number of aliphatic hydroxyl groups is 1. The van der Waals surface area contributed by atoms with Crippen LogP contribution >= 0.6 is 15.9 Å². The highest BCUT2D eigenvalue weighted by Crippen LogP contribution is 2.27. The quantitative estimate of drug-likeness (QED) is 0.842. The van der Waals surface area contributed by atoms with Crippen molar-refractivity contribution >= 4 is 15.9 Å². The second-order valence-corrected chi connectivity index (χ2v) is 5.90. The third-order valence-corrected chi connectivity index (χ3v) is 4.52. The van der Waals surface area contributed by atoms with Crippen molar-refractivity contribution in [3.63, 3.8) is 0 Å². The van der Waals surface area contributed by atoms with Gasteiger partial charge in [0, 0.05) is 0 Å². The number of nitrogens with zero attached hydrogens (tertiary/aromatic N) is 1. The highest BCUT2D eigenvalue weighted by molar-refractivity contribution is 9.10. The Kier molecular flexibility index (Phi) is 4.67. The molecule has 1 aliphatic rings. The van der Waals surface area contributed by atoms with Crippen molar-refractivity contribution in [3.8, 4) is 0 Å². The lowest BCUT2D eigenvalue weighted by atomic mass is 10.1. The lowest BCUT2D eigenvalue weighted by molar-refractivity contribution is 0.0971. The van der Waals surface area contributed by atoms with Crippen molar-refractivity contribution < 1.29 is 5.11 Å². The fourth-order valence-corrected chi connectivity index (χ4v) is 3.18. The lowest BCUT2D eigenvalue weighted by Gasteiger charge is -2.20. The van der Waals surface area contributed by atoms with Crippen LogP contribution in [0.2, 0.25) is 0 Å². The molecule has 0 bridgehead atoms. The number of hydrogen-bond acceptors (Lipinski definition) is 2. The first-order chi connectivity index (χ1) is 8.65. The number of rotatable bonds is 3. The first kappa shape index (κ1) is 13.9. The van der Waals surface area contributed by atoms with Gasteiger partial charge in [-0.25, -0.2) is 4.68 Å². The molecule has 0 radical (unpaired) electrons. The molecule has 1 aliphatic carbocycles. The molecule has 0 spiro atoms. The number of H-pyrrole nitrogens is 1. The fraction of sp³-hybridized carbons (Fsp3) is 0.769. The summed E-state index contributed by atoms with van der Waals surface area (Å²) in [6.07, 6.45) is 6.37. The SMILES string of the molecule is CCCc1[nH]n(C2CCCCCC2O)c(=O)c1Br. The van der Waals surface area contributed by atoms with E-state index in [0.29, 0.717) is 4.47 Å². The lowest BCUT2D eigenvalue weighted by Crippen LogP contribution is -2.31. The molecule has 18 heavy (non-hydrogen) atoms. The first-order valence-electron chi connectivity index (χ1n) is 6.82. The van der Waals surface area contributed by atoms with E-state index < -0.39 is 6.10 Å². The number of hydrogen-bond donors (Lipinski definition) is 2. The van der Waals surface area contributed by atoms with E-state index in [2.05, 4.69) is 28.0 Å². The van der Waals surface area contributed by atoms with E-state index in [0.717, 1.165) is 50.6 Å². The van der Waals surface area contributed by atoms with Crippen LogP contribution in [0.4, 0.5) is 0 Å². The summed E-state index contributed by atoms with van der Waals surface area (Å²) in [6.45, 7) is 2.09. The Morgan fingerprint density at radius 1 is 1.39 bits per heavy atom. The molecule has 102 valence electrons. The van der Waals surface area contributed by atoms with Gasteiger partial charge in [0.25, 0.3) is 5.56 Å². The van der Waals surface area contributed by atoms with Crippen LogP contribution in [0.5, 0.6) is 0 Å². The fourth-order valence-electron chi connectivity index (χ4n) is 2.70. The molecule has 2 atom stereocenters. The van der Waals surface area contributed by atoms with E-state index in [1.54, 1.807) is 4.68 Å². The second-order valence-electron chi connectivity index (χ2n) is 5.10. The Morgan fingerprint density at radius 3 is 2.83 bits per heavy atom. The average molecular weight is 317 g/mol. The van der Waals surface area contributed by atoms with Crippen LogP contribution in [0, 0.1) is 0 Å².